The largest absolute Gasteiger partial charge is 0.173 e. The molecule has 4 nitrogen and oxygen atoms in total. The molecule has 0 saturated carbocycles. The standard InChI is InChI=1S/C54H66N4S4/c1-7-11-15-19-27-53(28-20-16-12-8-2)40-33-38-41(32-37(40)47-42(53)31-35(5)49-51(47)57-61-55-49)54(29-21-17-13-9-3,30-22-18-14-10-4)43-34-39(50-52(48(38)43)58-62-56-50)44-25-26-46(60-44)45-24-23-36(6)59-45/h23-26,31-34H,7-22,27-30H2,1-6H3. The maximum Gasteiger partial charge on any atom is 0.114 e. The van der Waals surface area contributed by atoms with E-state index in [1.165, 1.54) is 203 Å². The highest BCUT2D eigenvalue weighted by Gasteiger charge is 2.49. The molecule has 0 unspecified atom stereocenters. The van der Waals surface area contributed by atoms with Gasteiger partial charge in [0.1, 0.15) is 22.1 Å². The number of thiophene rings is 2. The lowest BCUT2D eigenvalue weighted by atomic mass is 9.68. The van der Waals surface area contributed by atoms with Gasteiger partial charge in [0.15, 0.2) is 0 Å². The highest BCUT2D eigenvalue weighted by atomic mass is 32.1. The fourth-order valence-electron chi connectivity index (χ4n) is 11.5. The molecule has 8 heteroatoms. The normalized spacial score (nSPS) is 14.5. The van der Waals surface area contributed by atoms with E-state index in [0.717, 1.165) is 34.9 Å². The molecule has 4 aromatic heterocycles. The van der Waals surface area contributed by atoms with Crippen molar-refractivity contribution in [3.8, 4) is 42.4 Å². The van der Waals surface area contributed by atoms with Gasteiger partial charge in [0.2, 0.25) is 0 Å². The van der Waals surface area contributed by atoms with Gasteiger partial charge in [-0.05, 0) is 121 Å². The molecule has 4 heterocycles. The first kappa shape index (κ1) is 43.9. The van der Waals surface area contributed by atoms with Crippen molar-refractivity contribution in [2.24, 2.45) is 0 Å². The van der Waals surface area contributed by atoms with Crippen molar-refractivity contribution < 1.29 is 0 Å². The molecule has 9 rings (SSSR count). The molecule has 0 saturated heterocycles. The summed E-state index contributed by atoms with van der Waals surface area (Å²) in [6.45, 7) is 13.9. The summed E-state index contributed by atoms with van der Waals surface area (Å²) in [7, 11) is 0. The lowest BCUT2D eigenvalue weighted by Gasteiger charge is -2.35. The molecule has 3 aromatic carbocycles. The van der Waals surface area contributed by atoms with Crippen molar-refractivity contribution in [2.75, 3.05) is 0 Å². The van der Waals surface area contributed by atoms with E-state index in [0.29, 0.717) is 0 Å². The molecule has 0 aliphatic heterocycles. The second-order valence-electron chi connectivity index (χ2n) is 18.8. The predicted octanol–water partition coefficient (Wildman–Crippen LogP) is 18.2. The van der Waals surface area contributed by atoms with E-state index in [1.54, 1.807) is 11.1 Å². The Labute approximate surface area is 387 Å². The Hall–Kier alpha value is -3.30. The van der Waals surface area contributed by atoms with Gasteiger partial charge in [-0.1, -0.05) is 136 Å². The summed E-state index contributed by atoms with van der Waals surface area (Å²) in [4.78, 5) is 5.35. The molecule has 0 spiro atoms. The van der Waals surface area contributed by atoms with Crippen molar-refractivity contribution >= 4 is 68.2 Å². The Morgan fingerprint density at radius 1 is 0.403 bits per heavy atom. The predicted molar refractivity (Wildman–Crippen MR) is 272 cm³/mol. The number of aromatic nitrogens is 4. The van der Waals surface area contributed by atoms with E-state index in [4.69, 9.17) is 17.5 Å². The maximum atomic E-state index is 5.30. The van der Waals surface area contributed by atoms with E-state index < -0.39 is 0 Å². The van der Waals surface area contributed by atoms with Crippen LogP contribution in [0.1, 0.15) is 189 Å². The van der Waals surface area contributed by atoms with E-state index in [2.05, 4.69) is 90.1 Å². The second-order valence-corrected chi connectivity index (χ2v) is 22.2. The quantitative estimate of drug-likeness (QED) is 0.0636. The van der Waals surface area contributed by atoms with E-state index >= 15 is 0 Å². The van der Waals surface area contributed by atoms with Crippen LogP contribution < -0.4 is 0 Å². The number of unbranched alkanes of at least 4 members (excludes halogenated alkanes) is 12. The lowest BCUT2D eigenvalue weighted by molar-refractivity contribution is 0.397. The minimum atomic E-state index is -0.101. The van der Waals surface area contributed by atoms with Crippen LogP contribution in [0.5, 0.6) is 0 Å². The molecule has 2 aliphatic rings. The third-order valence-corrected chi connectivity index (χ3v) is 18.1. The number of fused-ring (bicyclic) bond motifs is 10. The molecule has 7 aromatic rings. The summed E-state index contributed by atoms with van der Waals surface area (Å²) in [5.74, 6) is 0. The summed E-state index contributed by atoms with van der Waals surface area (Å²) in [6.07, 6.45) is 24.9. The number of nitrogens with zero attached hydrogens (tertiary/aromatic N) is 4. The number of benzene rings is 3. The summed E-state index contributed by atoms with van der Waals surface area (Å²) >= 11 is 6.60. The third-order valence-electron chi connectivity index (χ3n) is 14.7. The molecule has 326 valence electrons. The van der Waals surface area contributed by atoms with E-state index in [1.807, 2.05) is 22.7 Å². The van der Waals surface area contributed by atoms with Gasteiger partial charge >= 0.3 is 0 Å². The molecule has 0 amide bonds. The Balaban J connectivity index is 1.31. The van der Waals surface area contributed by atoms with Gasteiger partial charge in [-0.25, -0.2) is 0 Å². The molecule has 2 aliphatic carbocycles. The fraction of sp³-hybridized carbons (Fsp3) is 0.519. The van der Waals surface area contributed by atoms with Crippen molar-refractivity contribution in [1.29, 1.82) is 0 Å². The van der Waals surface area contributed by atoms with E-state index in [9.17, 15) is 0 Å². The Kier molecular flexibility index (Phi) is 13.5. The van der Waals surface area contributed by atoms with Gasteiger partial charge in [-0.15, -0.1) is 22.7 Å². The van der Waals surface area contributed by atoms with Gasteiger partial charge in [0.25, 0.3) is 0 Å². The zero-order valence-electron chi connectivity index (χ0n) is 38.2. The van der Waals surface area contributed by atoms with Crippen molar-refractivity contribution in [2.45, 2.75) is 181 Å². The highest BCUT2D eigenvalue weighted by Crippen LogP contribution is 2.63. The van der Waals surface area contributed by atoms with Crippen LogP contribution >= 0.6 is 46.1 Å². The zero-order chi connectivity index (χ0) is 42.8. The van der Waals surface area contributed by atoms with Crippen LogP contribution in [0.2, 0.25) is 0 Å². The van der Waals surface area contributed by atoms with Gasteiger partial charge < -0.3 is 0 Å². The number of rotatable bonds is 22. The summed E-state index contributed by atoms with van der Waals surface area (Å²) in [6, 6.07) is 19.9. The van der Waals surface area contributed by atoms with Crippen molar-refractivity contribution in [3.05, 3.63) is 81.2 Å². The third kappa shape index (κ3) is 7.75. The Morgan fingerprint density at radius 2 is 0.823 bits per heavy atom. The first-order chi connectivity index (χ1) is 30.4. The first-order valence-electron chi connectivity index (χ1n) is 24.3. The number of hydrogen-bond acceptors (Lipinski definition) is 8. The molecular weight excluding hydrogens is 833 g/mol. The minimum absolute atomic E-state index is 0.0513. The lowest BCUT2D eigenvalue weighted by Crippen LogP contribution is -2.27. The molecule has 62 heavy (non-hydrogen) atoms. The average molecular weight is 899 g/mol. The van der Waals surface area contributed by atoms with Gasteiger partial charge in [0.05, 0.1) is 23.5 Å². The molecule has 0 atom stereocenters. The van der Waals surface area contributed by atoms with E-state index in [-0.39, 0.29) is 10.8 Å². The topological polar surface area (TPSA) is 51.6 Å². The van der Waals surface area contributed by atoms with Crippen LogP contribution in [-0.4, -0.2) is 17.5 Å². The van der Waals surface area contributed by atoms with Crippen molar-refractivity contribution in [1.82, 2.24) is 17.5 Å². The number of aryl methyl sites for hydroxylation is 2. The first-order valence-corrected chi connectivity index (χ1v) is 27.4. The highest BCUT2D eigenvalue weighted by molar-refractivity contribution is 7.24. The Bertz CT molecular complexity index is 2630. The SMILES string of the molecule is CCCCCCC1(CCCCCC)c2cc3c(cc2-c2c1cc(C)c1nsnc21)C(CCCCCC)(CCCCCC)c1cc(-c2ccc(-c4ccc(C)s4)s2)c2nsnc2c1-3. The minimum Gasteiger partial charge on any atom is -0.173 e. The number of hydrogen-bond donors (Lipinski definition) is 0. The zero-order valence-corrected chi connectivity index (χ0v) is 41.4. The van der Waals surface area contributed by atoms with Crippen LogP contribution in [0.4, 0.5) is 0 Å². The van der Waals surface area contributed by atoms with Gasteiger partial charge in [-0.2, -0.15) is 17.5 Å². The summed E-state index contributed by atoms with van der Waals surface area (Å²) in [5, 5.41) is 0. The van der Waals surface area contributed by atoms with Gasteiger partial charge in [0, 0.05) is 47.0 Å². The Morgan fingerprint density at radius 3 is 1.32 bits per heavy atom. The molecule has 0 bridgehead atoms. The molecular formula is C54H66N4S4. The fourth-order valence-corrected chi connectivity index (χ4v) is 14.7. The van der Waals surface area contributed by atoms with Crippen LogP contribution in [0, 0.1) is 13.8 Å². The average Bonchev–Trinajstić information content (AvgIpc) is 4.15. The molecule has 0 radical (unpaired) electrons. The second kappa shape index (κ2) is 19.0. The van der Waals surface area contributed by atoms with Crippen LogP contribution in [-0.2, 0) is 10.8 Å². The summed E-state index contributed by atoms with van der Waals surface area (Å²) in [5.41, 5.74) is 18.6. The monoisotopic (exact) mass is 898 g/mol. The van der Waals surface area contributed by atoms with Crippen LogP contribution in [0.3, 0.4) is 0 Å². The van der Waals surface area contributed by atoms with Crippen LogP contribution in [0.25, 0.3) is 64.5 Å². The molecule has 0 N–H and O–H groups in total. The molecule has 0 fully saturated rings. The van der Waals surface area contributed by atoms with Crippen LogP contribution in [0.15, 0.2) is 48.5 Å². The van der Waals surface area contributed by atoms with Gasteiger partial charge in [-0.3, -0.25) is 0 Å². The smallest absolute Gasteiger partial charge is 0.114 e. The van der Waals surface area contributed by atoms with Crippen molar-refractivity contribution in [3.63, 3.8) is 0 Å². The summed E-state index contributed by atoms with van der Waals surface area (Å²) < 4.78 is 20.6. The maximum absolute atomic E-state index is 5.30.